The molecule has 19 atom stereocenters. The molecule has 8 aromatic rings. The number of methoxy groups -OCH3 is 3. The minimum Gasteiger partial charge on any atom is -0.382 e. The second-order valence-electron chi connectivity index (χ2n) is 24.3. The fourth-order valence-corrected chi connectivity index (χ4v) is 17.2. The average Bonchev–Trinajstić information content (AvgIpc) is 1.62. The van der Waals surface area contributed by atoms with Crippen LogP contribution in [-0.4, -0.2) is 238 Å². The molecule has 50 nitrogen and oxygen atoms in total. The number of aromatic amines is 3. The van der Waals surface area contributed by atoms with E-state index in [4.69, 9.17) is 102 Å². The summed E-state index contributed by atoms with van der Waals surface area (Å²) in [4.78, 5) is 135. The highest BCUT2D eigenvalue weighted by Crippen LogP contribution is 2.56. The number of anilines is 4. The molecule has 0 aliphatic carbocycles. The summed E-state index contributed by atoms with van der Waals surface area (Å²) < 4.78 is 167. The maximum atomic E-state index is 14.6. The Morgan fingerprint density at radius 2 is 0.981 bits per heavy atom. The number of nitrogens with one attached hydrogen (secondary N) is 4. The van der Waals surface area contributed by atoms with Gasteiger partial charge in [-0.15, -0.1) is 0 Å². The number of phosphoric ester groups is 5. The van der Waals surface area contributed by atoms with Crippen molar-refractivity contribution in [2.75, 3.05) is 97.0 Å². The van der Waals surface area contributed by atoms with Crippen molar-refractivity contribution in [3.8, 4) is 0 Å². The zero-order valence-electron chi connectivity index (χ0n) is 55.6. The Morgan fingerprint density at radius 3 is 1.53 bits per heavy atom. The van der Waals surface area contributed by atoms with Crippen molar-refractivity contribution in [3.05, 3.63) is 64.1 Å². The lowest BCUT2D eigenvalue weighted by molar-refractivity contribution is -0.129. The van der Waals surface area contributed by atoms with Crippen molar-refractivity contribution in [1.29, 1.82) is 0 Å². The summed E-state index contributed by atoms with van der Waals surface area (Å²) in [5.41, 5.74) is 25.1. The summed E-state index contributed by atoms with van der Waals surface area (Å²) >= 11 is 0. The summed E-state index contributed by atoms with van der Waals surface area (Å²) in [6.45, 7) is -4.67. The van der Waals surface area contributed by atoms with E-state index in [1.807, 2.05) is 5.64 Å². The first-order valence-corrected chi connectivity index (χ1v) is 39.4. The van der Waals surface area contributed by atoms with Gasteiger partial charge in [-0.05, 0) is 12.8 Å². The van der Waals surface area contributed by atoms with E-state index in [1.165, 1.54) is 36.0 Å². The largest absolute Gasteiger partial charge is 0.491 e. The first-order chi connectivity index (χ1) is 50.5. The topological polar surface area (TPSA) is 675 Å². The maximum absolute atomic E-state index is 14.6. The van der Waals surface area contributed by atoms with Gasteiger partial charge in [-0.3, -0.25) is 83.7 Å². The van der Waals surface area contributed by atoms with E-state index in [0.717, 1.165) is 30.7 Å². The fraction of sp³-hybridized carbons (Fsp3) is 0.588. The molecule has 17 N–H and O–H groups in total. The van der Waals surface area contributed by atoms with E-state index in [0.29, 0.717) is 29.4 Å². The molecule has 5 unspecified atom stereocenters. The molecule has 0 radical (unpaired) electrons. The second kappa shape index (κ2) is 31.7. The van der Waals surface area contributed by atoms with Crippen LogP contribution in [0.25, 0.3) is 44.5 Å². The molecule has 8 aromatic heterocycles. The zero-order valence-corrected chi connectivity index (χ0v) is 60.1. The molecule has 0 saturated carbocycles. The highest BCUT2D eigenvalue weighted by molar-refractivity contribution is 7.48. The normalized spacial score (nSPS) is 35.2. The predicted octanol–water partition coefficient (Wildman–Crippen LogP) is -0.285. The van der Waals surface area contributed by atoms with Gasteiger partial charge in [0, 0.05) is 58.6 Å². The SMILES string of the molecule is CO[C@@H]1[C@@H]2OP(=O)(O)ONOCCCCCCOP(=O)(O)OC[C@H]3O[C@@H](n4cnc5c(=O)[nH]c(N)nc54)[C@H](OC)[C@@H]3OP(=O)(O)OC[C@H]3CN(Cc4c[nH]c5c(N)ncnc45)C[C@@H]3OP(=O)(O)OC[C@H]3O[C@@H](n4cnc5c(=O)[nH]c(N)nc54)[C@H](OC)[C@@H]3OP(=O)(O)OC[C@H]2O[C@H]1n1cnc2c(N)ncnc21. The van der Waals surface area contributed by atoms with Crippen molar-refractivity contribution in [2.24, 2.45) is 5.92 Å². The molecule has 5 fully saturated rings. The fourth-order valence-electron chi connectivity index (χ4n) is 12.8. The zero-order chi connectivity index (χ0) is 75.2. The molecule has 0 aromatic carbocycles. The number of nitrogen functional groups attached to an aromatic ring is 4. The number of likely N-dealkylation sites (tertiary alicyclic amines) is 1. The summed E-state index contributed by atoms with van der Waals surface area (Å²) in [5.74, 6) is -1.79. The summed E-state index contributed by atoms with van der Waals surface area (Å²) in [5, 5.41) is 0. The van der Waals surface area contributed by atoms with Gasteiger partial charge in [0.05, 0.1) is 70.2 Å². The summed E-state index contributed by atoms with van der Waals surface area (Å²) in [6, 6.07) is 0. The molecule has 0 spiro atoms. The van der Waals surface area contributed by atoms with E-state index in [2.05, 4.69) is 59.8 Å². The molecule has 13 heterocycles. The lowest BCUT2D eigenvalue weighted by atomic mass is 10.1. The Morgan fingerprint density at radius 1 is 0.509 bits per heavy atom. The maximum Gasteiger partial charge on any atom is 0.491 e. The Labute approximate surface area is 594 Å². The van der Waals surface area contributed by atoms with E-state index in [-0.39, 0.29) is 103 Å². The highest BCUT2D eigenvalue weighted by Gasteiger charge is 2.56. The number of phosphoric acid groups is 5. The van der Waals surface area contributed by atoms with Gasteiger partial charge in [0.2, 0.25) is 11.9 Å². The first-order valence-electron chi connectivity index (χ1n) is 31.9. The number of fused-ring (bicyclic) bond motifs is 8. The Balaban J connectivity index is 0.803. The highest BCUT2D eigenvalue weighted by atomic mass is 31.2. The number of ether oxygens (including phenoxy) is 6. The first kappa shape index (κ1) is 77.4. The lowest BCUT2D eigenvalue weighted by Crippen LogP contribution is -2.39. The number of H-pyrrole nitrogens is 3. The van der Waals surface area contributed by atoms with E-state index in [9.17, 15) is 56.9 Å². The molecule has 5 aliphatic rings. The molecular formula is C51H72N21O29P5. The molecule has 580 valence electrons. The molecular weight excluding hydrogens is 1530 g/mol. The molecule has 5 saturated heterocycles. The van der Waals surface area contributed by atoms with Crippen LogP contribution in [0.2, 0.25) is 0 Å². The van der Waals surface area contributed by atoms with Gasteiger partial charge in [0.15, 0.2) is 58.3 Å². The van der Waals surface area contributed by atoms with Crippen molar-refractivity contribution < 1.29 is 126 Å². The Hall–Kier alpha value is -6.74. The van der Waals surface area contributed by atoms with Gasteiger partial charge in [0.25, 0.3) is 11.1 Å². The predicted molar refractivity (Wildman–Crippen MR) is 353 cm³/mol. The van der Waals surface area contributed by atoms with E-state index >= 15 is 0 Å². The average molecular weight is 1600 g/mol. The molecule has 55 heteroatoms. The van der Waals surface area contributed by atoms with Crippen LogP contribution in [0.5, 0.6) is 0 Å². The minimum absolute atomic E-state index is 0.0279. The van der Waals surface area contributed by atoms with E-state index < -0.39 is 162 Å². The molecule has 13 rings (SSSR count). The number of rotatable bonds is 8. The van der Waals surface area contributed by atoms with Crippen LogP contribution >= 0.6 is 39.1 Å². The van der Waals surface area contributed by atoms with Crippen LogP contribution in [-0.2, 0) is 108 Å². The number of aromatic nitrogens is 15. The van der Waals surface area contributed by atoms with Crippen molar-refractivity contribution in [1.82, 2.24) is 84.1 Å². The van der Waals surface area contributed by atoms with Gasteiger partial charge in [-0.2, -0.15) is 14.6 Å². The molecule has 0 bridgehead atoms. The Kier molecular flexibility index (Phi) is 23.1. The van der Waals surface area contributed by atoms with E-state index in [1.54, 1.807) is 11.1 Å². The third kappa shape index (κ3) is 17.0. The second-order valence-corrected chi connectivity index (χ2v) is 31.3. The van der Waals surface area contributed by atoms with Gasteiger partial charge in [0.1, 0.15) is 78.6 Å². The van der Waals surface area contributed by atoms with Crippen LogP contribution < -0.4 is 39.7 Å². The lowest BCUT2D eigenvalue weighted by Gasteiger charge is -2.27. The number of imidazole rings is 3. The van der Waals surface area contributed by atoms with Crippen LogP contribution in [0.1, 0.15) is 49.9 Å². The van der Waals surface area contributed by atoms with Gasteiger partial charge < -0.3 is 80.8 Å². The molecule has 106 heavy (non-hydrogen) atoms. The van der Waals surface area contributed by atoms with Gasteiger partial charge >= 0.3 is 39.1 Å². The van der Waals surface area contributed by atoms with Gasteiger partial charge in [-0.25, -0.2) is 57.7 Å². The monoisotopic (exact) mass is 1600 g/mol. The van der Waals surface area contributed by atoms with Crippen LogP contribution in [0, 0.1) is 5.92 Å². The van der Waals surface area contributed by atoms with Crippen LogP contribution in [0.3, 0.4) is 0 Å². The molecule has 5 aliphatic heterocycles. The van der Waals surface area contributed by atoms with Crippen LogP contribution in [0.4, 0.5) is 23.5 Å². The summed E-state index contributed by atoms with van der Waals surface area (Å²) in [7, 11) is -23.5. The van der Waals surface area contributed by atoms with Crippen molar-refractivity contribution in [3.63, 3.8) is 0 Å². The Bertz CT molecular complexity index is 4860. The quantitative estimate of drug-likeness (QED) is 0.0870. The van der Waals surface area contributed by atoms with Gasteiger partial charge in [-0.1, -0.05) is 18.5 Å². The smallest absolute Gasteiger partial charge is 0.382 e. The van der Waals surface area contributed by atoms with Crippen molar-refractivity contribution in [2.45, 2.75) is 112 Å². The summed E-state index contributed by atoms with van der Waals surface area (Å²) in [6.07, 6.45) is -12.4. The number of nitrogens with zero attached hydrogens (tertiary/aromatic N) is 13. The third-order valence-corrected chi connectivity index (χ3v) is 22.3. The number of nitrogens with two attached hydrogens (primary N) is 4. The third-order valence-electron chi connectivity index (χ3n) is 17.5. The number of hydrogen-bond acceptors (Lipinski definition) is 39. The van der Waals surface area contributed by atoms with Crippen molar-refractivity contribution >= 4 is 107 Å². The number of hydrogen-bond donors (Lipinski definition) is 13. The van der Waals surface area contributed by atoms with Crippen LogP contribution in [0.15, 0.2) is 47.4 Å². The molecule has 0 amide bonds. The standard InChI is InChI=1S/C51H72N21O29P5/c1-85-37-34-26(95-48(37)71-21-62-32-43(71)64-50(54)66-45(32)73)15-91-102(75,76)89-9-7-5-4-6-8-88-68-101-106(83,84)100-36-28(94-47(39(36)87-3)70-20-61-31-41(53)59-19-60-42(31)70)17-93-105(81,82)99-35-27(96-49(38(35)86-2)72-22-63-33-44(72)65-51(55)67-46(33)74)16-92-103(77,78)97-25-13-69(12-24(25)14-90-104(79,80)98-34)11-23-10-56-30-29(23)57-18-58-40(30)52/h10,18-22,24-28,34-39,47-49,56,68H,4-9,11-17H2,1-3H3,(H,75,76)(H,77,78)(H,79,80)(H,81,82)(H,83,84)(H2,52,57,58)(H2,53,59,60)(H3,54,64,66,73)(H3,55,65,67,74)/t24-,25+,26-,27-,28-,34-,35-,36-,37-,38-,39-,47-,48-,49-/m1/s1. The minimum atomic E-state index is -5.62.